The second kappa shape index (κ2) is 4.69. The largest absolute Gasteiger partial charge is 0.435 e. The van der Waals surface area contributed by atoms with Gasteiger partial charge in [-0.25, -0.2) is 0 Å². The van der Waals surface area contributed by atoms with Crippen molar-refractivity contribution < 1.29 is 13.2 Å². The van der Waals surface area contributed by atoms with Gasteiger partial charge in [0.1, 0.15) is 0 Å². The van der Waals surface area contributed by atoms with E-state index in [4.69, 9.17) is 0 Å². The SMILES string of the molecule is CN(CCS)c1ccc(C(F)(F)F)nn1. The average Bonchev–Trinajstić information content (AvgIpc) is 2.17. The van der Waals surface area contributed by atoms with E-state index in [1.807, 2.05) is 0 Å². The van der Waals surface area contributed by atoms with Gasteiger partial charge in [-0.05, 0) is 12.1 Å². The lowest BCUT2D eigenvalue weighted by molar-refractivity contribution is -0.141. The summed E-state index contributed by atoms with van der Waals surface area (Å²) in [6.45, 7) is 0.600. The van der Waals surface area contributed by atoms with Crippen molar-refractivity contribution in [3.05, 3.63) is 17.8 Å². The van der Waals surface area contributed by atoms with Gasteiger partial charge in [-0.3, -0.25) is 0 Å². The molecular formula is C8H10F3N3S. The molecule has 1 heterocycles. The Kier molecular flexibility index (Phi) is 3.78. The molecule has 0 aliphatic rings. The van der Waals surface area contributed by atoms with Gasteiger partial charge in [0, 0.05) is 19.3 Å². The molecule has 0 bridgehead atoms. The molecule has 3 nitrogen and oxygen atoms in total. The summed E-state index contributed by atoms with van der Waals surface area (Å²) in [5.74, 6) is 0.996. The summed E-state index contributed by atoms with van der Waals surface area (Å²) in [7, 11) is 1.72. The Morgan fingerprint density at radius 2 is 2.00 bits per heavy atom. The fourth-order valence-corrected chi connectivity index (χ4v) is 1.24. The third kappa shape index (κ3) is 3.26. The number of hydrogen-bond donors (Lipinski definition) is 1. The number of anilines is 1. The molecule has 1 rings (SSSR count). The van der Waals surface area contributed by atoms with E-state index in [9.17, 15) is 13.2 Å². The van der Waals surface area contributed by atoms with Crippen LogP contribution in [0.15, 0.2) is 12.1 Å². The summed E-state index contributed by atoms with van der Waals surface area (Å²) in [5, 5.41) is 6.60. The topological polar surface area (TPSA) is 29.0 Å². The van der Waals surface area contributed by atoms with Crippen molar-refractivity contribution in [3.8, 4) is 0 Å². The fourth-order valence-electron chi connectivity index (χ4n) is 0.945. The molecule has 0 aliphatic carbocycles. The van der Waals surface area contributed by atoms with E-state index in [0.717, 1.165) is 6.07 Å². The van der Waals surface area contributed by atoms with Crippen LogP contribution < -0.4 is 4.90 Å². The molecule has 1 aromatic rings. The summed E-state index contributed by atoms with van der Waals surface area (Å²) in [6.07, 6.45) is -4.44. The van der Waals surface area contributed by atoms with E-state index in [1.54, 1.807) is 11.9 Å². The lowest BCUT2D eigenvalue weighted by Crippen LogP contribution is -2.21. The van der Waals surface area contributed by atoms with Crippen molar-refractivity contribution >= 4 is 18.4 Å². The van der Waals surface area contributed by atoms with Crippen LogP contribution in [-0.2, 0) is 6.18 Å². The fraction of sp³-hybridized carbons (Fsp3) is 0.500. The summed E-state index contributed by atoms with van der Waals surface area (Å²) in [6, 6.07) is 2.20. The summed E-state index contributed by atoms with van der Waals surface area (Å²) in [5.41, 5.74) is -0.981. The predicted octanol–water partition coefficient (Wildman–Crippen LogP) is 1.86. The van der Waals surface area contributed by atoms with Crippen molar-refractivity contribution in [1.29, 1.82) is 0 Å². The monoisotopic (exact) mass is 237 g/mol. The number of nitrogens with zero attached hydrogens (tertiary/aromatic N) is 3. The van der Waals surface area contributed by atoms with Crippen molar-refractivity contribution in [2.75, 3.05) is 24.2 Å². The lowest BCUT2D eigenvalue weighted by Gasteiger charge is -2.16. The molecule has 7 heteroatoms. The zero-order valence-electron chi connectivity index (χ0n) is 7.99. The Hall–Kier alpha value is -0.980. The highest BCUT2D eigenvalue weighted by atomic mass is 32.1. The molecule has 0 aliphatic heterocycles. The van der Waals surface area contributed by atoms with E-state index in [0.29, 0.717) is 18.1 Å². The normalized spacial score (nSPS) is 11.5. The number of thiol groups is 1. The van der Waals surface area contributed by atoms with Gasteiger partial charge in [-0.15, -0.1) is 10.2 Å². The maximum atomic E-state index is 12.1. The van der Waals surface area contributed by atoms with Crippen LogP contribution in [0.1, 0.15) is 5.69 Å². The molecule has 0 spiro atoms. The highest BCUT2D eigenvalue weighted by Crippen LogP contribution is 2.27. The van der Waals surface area contributed by atoms with Crippen LogP contribution >= 0.6 is 12.6 Å². The van der Waals surface area contributed by atoms with Gasteiger partial charge < -0.3 is 4.90 Å². The Labute approximate surface area is 90.7 Å². The summed E-state index contributed by atoms with van der Waals surface area (Å²) in [4.78, 5) is 1.68. The number of halogens is 3. The van der Waals surface area contributed by atoms with E-state index < -0.39 is 11.9 Å². The van der Waals surface area contributed by atoms with E-state index in [1.165, 1.54) is 6.07 Å². The van der Waals surface area contributed by atoms with E-state index in [2.05, 4.69) is 22.8 Å². The Bertz CT molecular complexity index is 312. The van der Waals surface area contributed by atoms with Gasteiger partial charge in [0.2, 0.25) is 0 Å². The maximum Gasteiger partial charge on any atom is 0.435 e. The quantitative estimate of drug-likeness (QED) is 0.814. The van der Waals surface area contributed by atoms with Crippen molar-refractivity contribution in [2.24, 2.45) is 0 Å². The third-order valence-electron chi connectivity index (χ3n) is 1.77. The van der Waals surface area contributed by atoms with E-state index in [-0.39, 0.29) is 0 Å². The molecule has 84 valence electrons. The van der Waals surface area contributed by atoms with Crippen LogP contribution in [0.2, 0.25) is 0 Å². The van der Waals surface area contributed by atoms with Crippen molar-refractivity contribution in [3.63, 3.8) is 0 Å². The first-order valence-corrected chi connectivity index (χ1v) is 4.81. The molecule has 1 aromatic heterocycles. The number of aromatic nitrogens is 2. The molecule has 0 N–H and O–H groups in total. The molecule has 0 amide bonds. The zero-order chi connectivity index (χ0) is 11.5. The minimum atomic E-state index is -4.44. The second-order valence-electron chi connectivity index (χ2n) is 2.92. The summed E-state index contributed by atoms with van der Waals surface area (Å²) < 4.78 is 36.4. The minimum absolute atomic E-state index is 0.400. The molecular weight excluding hydrogens is 227 g/mol. The van der Waals surface area contributed by atoms with Crippen molar-refractivity contribution in [2.45, 2.75) is 6.18 Å². The van der Waals surface area contributed by atoms with Gasteiger partial charge in [0.05, 0.1) is 0 Å². The molecule has 15 heavy (non-hydrogen) atoms. The van der Waals surface area contributed by atoms with Gasteiger partial charge in [-0.1, -0.05) is 0 Å². The first-order valence-electron chi connectivity index (χ1n) is 4.18. The number of rotatable bonds is 3. The smallest absolute Gasteiger partial charge is 0.357 e. The molecule has 0 radical (unpaired) electrons. The average molecular weight is 237 g/mol. The van der Waals surface area contributed by atoms with Crippen LogP contribution in [0.4, 0.5) is 19.0 Å². The Balaban J connectivity index is 2.81. The van der Waals surface area contributed by atoms with Gasteiger partial charge in [0.15, 0.2) is 11.5 Å². The second-order valence-corrected chi connectivity index (χ2v) is 3.37. The predicted molar refractivity (Wildman–Crippen MR) is 54.2 cm³/mol. The first kappa shape index (κ1) is 12.1. The van der Waals surface area contributed by atoms with Crippen molar-refractivity contribution in [1.82, 2.24) is 10.2 Å². The van der Waals surface area contributed by atoms with Crippen LogP contribution in [-0.4, -0.2) is 29.5 Å². The number of alkyl halides is 3. The van der Waals surface area contributed by atoms with Crippen LogP contribution in [0.5, 0.6) is 0 Å². The molecule has 0 unspecified atom stereocenters. The molecule has 0 saturated heterocycles. The first-order chi connectivity index (χ1) is 6.95. The standard InChI is InChI=1S/C8H10F3N3S/c1-14(4-5-15)7-3-2-6(12-13-7)8(9,10)11/h2-3,15H,4-5H2,1H3. The third-order valence-corrected chi connectivity index (χ3v) is 1.97. The number of hydrogen-bond acceptors (Lipinski definition) is 4. The van der Waals surface area contributed by atoms with Gasteiger partial charge >= 0.3 is 6.18 Å². The maximum absolute atomic E-state index is 12.1. The zero-order valence-corrected chi connectivity index (χ0v) is 8.89. The molecule has 0 atom stereocenters. The highest BCUT2D eigenvalue weighted by molar-refractivity contribution is 7.80. The van der Waals surface area contributed by atoms with Crippen LogP contribution in [0, 0.1) is 0 Å². The van der Waals surface area contributed by atoms with Crippen LogP contribution in [0.3, 0.4) is 0 Å². The molecule has 0 fully saturated rings. The van der Waals surface area contributed by atoms with Gasteiger partial charge in [-0.2, -0.15) is 25.8 Å². The Morgan fingerprint density at radius 1 is 1.33 bits per heavy atom. The van der Waals surface area contributed by atoms with E-state index >= 15 is 0 Å². The van der Waals surface area contributed by atoms with Gasteiger partial charge in [0.25, 0.3) is 0 Å². The summed E-state index contributed by atoms with van der Waals surface area (Å²) >= 11 is 4.01. The van der Waals surface area contributed by atoms with Crippen LogP contribution in [0.25, 0.3) is 0 Å². The molecule has 0 saturated carbocycles. The lowest BCUT2D eigenvalue weighted by atomic mass is 10.3. The molecule has 0 aromatic carbocycles. The Morgan fingerprint density at radius 3 is 2.40 bits per heavy atom. The minimum Gasteiger partial charge on any atom is -0.357 e. The highest BCUT2D eigenvalue weighted by Gasteiger charge is 2.32.